The van der Waals surface area contributed by atoms with E-state index in [0.29, 0.717) is 19.4 Å². The van der Waals surface area contributed by atoms with Crippen molar-refractivity contribution in [2.24, 2.45) is 0 Å². The number of nitrogens with one attached hydrogen (secondary N) is 1. The lowest BCUT2D eigenvalue weighted by atomic mass is 9.82. The van der Waals surface area contributed by atoms with Gasteiger partial charge in [-0.2, -0.15) is 13.2 Å². The Hall–Kier alpha value is -1.07. The molecule has 0 saturated heterocycles. The molecule has 2 nitrogen and oxygen atoms in total. The van der Waals surface area contributed by atoms with E-state index in [2.05, 4.69) is 5.32 Å². The SMILES string of the molecule is CCNC(c1ccccc1C(F)(F)F)C(CC)(CC)OC. The number of hydrogen-bond donors (Lipinski definition) is 1. The minimum absolute atomic E-state index is 0.248. The fourth-order valence-corrected chi connectivity index (χ4v) is 2.86. The first-order chi connectivity index (χ1) is 9.86. The molecule has 0 fully saturated rings. The summed E-state index contributed by atoms with van der Waals surface area (Å²) in [5.74, 6) is 0. The van der Waals surface area contributed by atoms with Crippen LogP contribution in [0.5, 0.6) is 0 Å². The molecular formula is C16H24F3NO. The quantitative estimate of drug-likeness (QED) is 0.797. The Balaban J connectivity index is 3.42. The predicted molar refractivity (Wildman–Crippen MR) is 78.2 cm³/mol. The summed E-state index contributed by atoms with van der Waals surface area (Å²) in [5, 5.41) is 3.18. The van der Waals surface area contributed by atoms with Gasteiger partial charge in [0.25, 0.3) is 0 Å². The van der Waals surface area contributed by atoms with Crippen LogP contribution >= 0.6 is 0 Å². The average Bonchev–Trinajstić information content (AvgIpc) is 2.47. The summed E-state index contributed by atoms with van der Waals surface area (Å²) < 4.78 is 45.5. The molecule has 1 atom stereocenters. The highest BCUT2D eigenvalue weighted by atomic mass is 19.4. The van der Waals surface area contributed by atoms with E-state index in [4.69, 9.17) is 4.74 Å². The number of hydrogen-bond acceptors (Lipinski definition) is 2. The van der Waals surface area contributed by atoms with E-state index >= 15 is 0 Å². The van der Waals surface area contributed by atoms with Crippen molar-refractivity contribution in [2.45, 2.75) is 51.4 Å². The molecule has 0 aliphatic heterocycles. The van der Waals surface area contributed by atoms with Gasteiger partial charge in [0.1, 0.15) is 0 Å². The zero-order valence-electron chi connectivity index (χ0n) is 13.1. The van der Waals surface area contributed by atoms with Gasteiger partial charge in [-0.3, -0.25) is 0 Å². The molecule has 0 saturated carbocycles. The van der Waals surface area contributed by atoms with Gasteiger partial charge in [0, 0.05) is 7.11 Å². The van der Waals surface area contributed by atoms with Crippen molar-refractivity contribution >= 4 is 0 Å². The zero-order chi connectivity index (χ0) is 16.1. The van der Waals surface area contributed by atoms with Crippen LogP contribution in [0.15, 0.2) is 24.3 Å². The summed E-state index contributed by atoms with van der Waals surface area (Å²) >= 11 is 0. The lowest BCUT2D eigenvalue weighted by Gasteiger charge is -2.40. The minimum atomic E-state index is -4.37. The molecule has 120 valence electrons. The summed E-state index contributed by atoms with van der Waals surface area (Å²) in [6.07, 6.45) is -3.11. The standard InChI is InChI=1S/C16H24F3NO/c1-5-15(6-2,21-4)14(20-7-3)12-10-8-9-11-13(12)16(17,18)19/h8-11,14,20H,5-7H2,1-4H3. The Kier molecular flexibility index (Phi) is 6.23. The second-order valence-corrected chi connectivity index (χ2v) is 5.05. The third-order valence-corrected chi connectivity index (χ3v) is 4.11. The van der Waals surface area contributed by atoms with Crippen LogP contribution in [0.3, 0.4) is 0 Å². The Morgan fingerprint density at radius 1 is 1.10 bits per heavy atom. The molecule has 21 heavy (non-hydrogen) atoms. The van der Waals surface area contributed by atoms with Crippen LogP contribution in [0.1, 0.15) is 50.8 Å². The molecule has 0 bridgehead atoms. The second kappa shape index (κ2) is 7.27. The molecule has 0 radical (unpaired) electrons. The van der Waals surface area contributed by atoms with E-state index in [0.717, 1.165) is 6.07 Å². The molecule has 0 heterocycles. The Bertz CT molecular complexity index is 433. The lowest BCUT2D eigenvalue weighted by molar-refractivity contribution is -0.139. The molecule has 5 heteroatoms. The number of alkyl halides is 3. The first-order valence-corrected chi connectivity index (χ1v) is 7.30. The molecule has 1 N–H and O–H groups in total. The van der Waals surface area contributed by atoms with Gasteiger partial charge < -0.3 is 10.1 Å². The van der Waals surface area contributed by atoms with Gasteiger partial charge in [0.05, 0.1) is 17.2 Å². The summed E-state index contributed by atoms with van der Waals surface area (Å²) in [6.45, 7) is 6.33. The molecule has 1 rings (SSSR count). The first kappa shape index (κ1) is 18.0. The van der Waals surface area contributed by atoms with Crippen molar-refractivity contribution in [1.29, 1.82) is 0 Å². The molecule has 0 aromatic heterocycles. The zero-order valence-corrected chi connectivity index (χ0v) is 13.1. The topological polar surface area (TPSA) is 21.3 Å². The van der Waals surface area contributed by atoms with Crippen LogP contribution in [-0.4, -0.2) is 19.3 Å². The Morgan fingerprint density at radius 3 is 2.10 bits per heavy atom. The molecule has 1 unspecified atom stereocenters. The van der Waals surface area contributed by atoms with E-state index in [1.165, 1.54) is 12.1 Å². The smallest absolute Gasteiger partial charge is 0.376 e. The van der Waals surface area contributed by atoms with Gasteiger partial charge in [-0.05, 0) is 31.0 Å². The highest BCUT2D eigenvalue weighted by Gasteiger charge is 2.42. The van der Waals surface area contributed by atoms with E-state index in [1.54, 1.807) is 13.2 Å². The number of likely N-dealkylation sites (N-methyl/N-ethyl adjacent to an activating group) is 1. The maximum absolute atomic E-state index is 13.3. The van der Waals surface area contributed by atoms with Crippen LogP contribution in [0.25, 0.3) is 0 Å². The van der Waals surface area contributed by atoms with Crippen LogP contribution in [0.2, 0.25) is 0 Å². The van der Waals surface area contributed by atoms with Gasteiger partial charge >= 0.3 is 6.18 Å². The number of benzene rings is 1. The number of rotatable bonds is 7. The van der Waals surface area contributed by atoms with Crippen molar-refractivity contribution in [3.8, 4) is 0 Å². The van der Waals surface area contributed by atoms with Crippen LogP contribution in [0.4, 0.5) is 13.2 Å². The van der Waals surface area contributed by atoms with Crippen molar-refractivity contribution in [1.82, 2.24) is 5.32 Å². The predicted octanol–water partition coefficient (Wildman–Crippen LogP) is 4.56. The number of ether oxygens (including phenoxy) is 1. The highest BCUT2D eigenvalue weighted by molar-refractivity contribution is 5.34. The highest BCUT2D eigenvalue weighted by Crippen LogP contribution is 2.41. The second-order valence-electron chi connectivity index (χ2n) is 5.05. The number of halogens is 3. The van der Waals surface area contributed by atoms with Crippen molar-refractivity contribution in [3.63, 3.8) is 0 Å². The molecule has 1 aromatic carbocycles. The van der Waals surface area contributed by atoms with Crippen LogP contribution < -0.4 is 5.32 Å². The van der Waals surface area contributed by atoms with Crippen molar-refractivity contribution in [3.05, 3.63) is 35.4 Å². The van der Waals surface area contributed by atoms with Crippen molar-refractivity contribution in [2.75, 3.05) is 13.7 Å². The normalized spacial score (nSPS) is 14.2. The maximum atomic E-state index is 13.3. The fourth-order valence-electron chi connectivity index (χ4n) is 2.86. The van der Waals surface area contributed by atoms with E-state index in [1.807, 2.05) is 20.8 Å². The van der Waals surface area contributed by atoms with Crippen LogP contribution in [0, 0.1) is 0 Å². The first-order valence-electron chi connectivity index (χ1n) is 7.30. The molecular weight excluding hydrogens is 279 g/mol. The van der Waals surface area contributed by atoms with Gasteiger partial charge in [-0.25, -0.2) is 0 Å². The maximum Gasteiger partial charge on any atom is 0.416 e. The van der Waals surface area contributed by atoms with Gasteiger partial charge in [0.2, 0.25) is 0 Å². The van der Waals surface area contributed by atoms with E-state index in [9.17, 15) is 13.2 Å². The Labute approximate surface area is 124 Å². The number of methoxy groups -OCH3 is 1. The third kappa shape index (κ3) is 3.77. The fraction of sp³-hybridized carbons (Fsp3) is 0.625. The molecule has 0 spiro atoms. The Morgan fingerprint density at radius 2 is 1.67 bits per heavy atom. The van der Waals surface area contributed by atoms with Gasteiger partial charge in [0.15, 0.2) is 0 Å². The molecule has 0 amide bonds. The summed E-state index contributed by atoms with van der Waals surface area (Å²) in [5.41, 5.74) is -1.01. The molecule has 1 aromatic rings. The van der Waals surface area contributed by atoms with Gasteiger partial charge in [-0.15, -0.1) is 0 Å². The monoisotopic (exact) mass is 303 g/mol. The van der Waals surface area contributed by atoms with Crippen LogP contribution in [-0.2, 0) is 10.9 Å². The minimum Gasteiger partial charge on any atom is -0.376 e. The average molecular weight is 303 g/mol. The summed E-state index contributed by atoms with van der Waals surface area (Å²) in [6, 6.07) is 5.23. The lowest BCUT2D eigenvalue weighted by Crippen LogP contribution is -2.45. The molecule has 0 aliphatic carbocycles. The largest absolute Gasteiger partial charge is 0.416 e. The molecule has 0 aliphatic rings. The van der Waals surface area contributed by atoms with Crippen molar-refractivity contribution < 1.29 is 17.9 Å². The third-order valence-electron chi connectivity index (χ3n) is 4.11. The van der Waals surface area contributed by atoms with E-state index in [-0.39, 0.29) is 5.56 Å². The summed E-state index contributed by atoms with van der Waals surface area (Å²) in [4.78, 5) is 0. The van der Waals surface area contributed by atoms with Gasteiger partial charge in [-0.1, -0.05) is 39.0 Å². The van der Waals surface area contributed by atoms with E-state index < -0.39 is 23.4 Å². The summed E-state index contributed by atoms with van der Waals surface area (Å²) in [7, 11) is 1.56.